The van der Waals surface area contributed by atoms with Crippen LogP contribution in [-0.2, 0) is 0 Å². The van der Waals surface area contributed by atoms with E-state index in [4.69, 9.17) is 23.8 Å². The third-order valence-electron chi connectivity index (χ3n) is 12.8. The highest BCUT2D eigenvalue weighted by Crippen LogP contribution is 2.43. The van der Waals surface area contributed by atoms with E-state index >= 15 is 0 Å². The SMILES string of the molecule is c1ccc(-n2c3ccccc3c3ccc4c5ccccc5n(-c5ccc(-c6nc(-c7cccc8oc9ccccc9c78)nc(-c7cccc8oc9ccccc9c78)n6)cc5)c4c32)cc1. The molecule has 0 N–H and O–H groups in total. The number of aromatic nitrogens is 5. The summed E-state index contributed by atoms with van der Waals surface area (Å²) in [7, 11) is 0. The number of benzene rings is 9. The summed E-state index contributed by atoms with van der Waals surface area (Å²) in [5, 5.41) is 8.77. The Labute approximate surface area is 364 Å². The van der Waals surface area contributed by atoms with Crippen LogP contribution in [0.25, 0.3) is 133 Å². The highest BCUT2D eigenvalue weighted by atomic mass is 16.3. The van der Waals surface area contributed by atoms with Crippen LogP contribution >= 0.6 is 0 Å². The average Bonchev–Trinajstić information content (AvgIpc) is 4.12. The Balaban J connectivity index is 1.01. The summed E-state index contributed by atoms with van der Waals surface area (Å²) in [5.74, 6) is 1.68. The topological polar surface area (TPSA) is 74.8 Å². The third kappa shape index (κ3) is 5.00. The molecular formula is C57H33N5O2. The molecule has 0 atom stereocenters. The maximum Gasteiger partial charge on any atom is 0.164 e. The van der Waals surface area contributed by atoms with Gasteiger partial charge in [0, 0.05) is 71.2 Å². The molecule has 0 saturated carbocycles. The summed E-state index contributed by atoms with van der Waals surface area (Å²) in [6.07, 6.45) is 0. The minimum Gasteiger partial charge on any atom is -0.456 e. The van der Waals surface area contributed by atoms with Gasteiger partial charge in [0.05, 0.1) is 22.1 Å². The van der Waals surface area contributed by atoms with Gasteiger partial charge in [0.1, 0.15) is 22.3 Å². The molecule has 0 fully saturated rings. The van der Waals surface area contributed by atoms with Gasteiger partial charge >= 0.3 is 0 Å². The summed E-state index contributed by atoms with van der Waals surface area (Å²) in [6.45, 7) is 0. The lowest BCUT2D eigenvalue weighted by atomic mass is 10.0. The van der Waals surface area contributed by atoms with Gasteiger partial charge in [-0.15, -0.1) is 0 Å². The van der Waals surface area contributed by atoms with Crippen molar-refractivity contribution in [3.63, 3.8) is 0 Å². The molecule has 7 heteroatoms. The normalized spacial score (nSPS) is 12.1. The molecule has 14 aromatic rings. The van der Waals surface area contributed by atoms with Crippen molar-refractivity contribution in [2.45, 2.75) is 0 Å². The summed E-state index contributed by atoms with van der Waals surface area (Å²) in [5.41, 5.74) is 12.6. The fourth-order valence-electron chi connectivity index (χ4n) is 10.0. The van der Waals surface area contributed by atoms with Gasteiger partial charge < -0.3 is 18.0 Å². The number of para-hydroxylation sites is 5. The molecule has 5 aromatic heterocycles. The van der Waals surface area contributed by atoms with E-state index in [0.717, 1.165) is 83.0 Å². The summed E-state index contributed by atoms with van der Waals surface area (Å²) < 4.78 is 17.5. The minimum absolute atomic E-state index is 0.560. The maximum absolute atomic E-state index is 6.34. The second-order valence-corrected chi connectivity index (χ2v) is 16.3. The molecule has 0 saturated heterocycles. The second kappa shape index (κ2) is 13.3. The van der Waals surface area contributed by atoms with Gasteiger partial charge in [-0.1, -0.05) is 127 Å². The van der Waals surface area contributed by atoms with Gasteiger partial charge in [0.2, 0.25) is 0 Å². The number of rotatable bonds is 5. The molecule has 7 nitrogen and oxygen atoms in total. The van der Waals surface area contributed by atoms with Gasteiger partial charge in [-0.3, -0.25) is 0 Å². The largest absolute Gasteiger partial charge is 0.456 e. The summed E-state index contributed by atoms with van der Waals surface area (Å²) in [6, 6.07) is 69.7. The van der Waals surface area contributed by atoms with Gasteiger partial charge in [-0.2, -0.15) is 0 Å². The van der Waals surface area contributed by atoms with Crippen LogP contribution in [0.1, 0.15) is 0 Å². The third-order valence-corrected chi connectivity index (χ3v) is 12.8. The van der Waals surface area contributed by atoms with Crippen molar-refractivity contribution in [2.75, 3.05) is 0 Å². The Hall–Kier alpha value is -8.81. The molecule has 0 radical (unpaired) electrons. The van der Waals surface area contributed by atoms with Crippen LogP contribution in [0.4, 0.5) is 0 Å². The first kappa shape index (κ1) is 34.9. The smallest absolute Gasteiger partial charge is 0.164 e. The lowest BCUT2D eigenvalue weighted by Gasteiger charge is -2.13. The predicted octanol–water partition coefficient (Wildman–Crippen LogP) is 14.9. The van der Waals surface area contributed by atoms with Crippen molar-refractivity contribution in [1.82, 2.24) is 24.1 Å². The molecule has 0 aliphatic heterocycles. The Morgan fingerprint density at radius 2 is 0.719 bits per heavy atom. The van der Waals surface area contributed by atoms with E-state index < -0.39 is 0 Å². The van der Waals surface area contributed by atoms with Crippen molar-refractivity contribution in [1.29, 1.82) is 0 Å². The molecule has 0 aliphatic rings. The molecule has 0 unspecified atom stereocenters. The predicted molar refractivity (Wildman–Crippen MR) is 259 cm³/mol. The van der Waals surface area contributed by atoms with Crippen molar-refractivity contribution >= 4 is 87.5 Å². The Kier molecular flexibility index (Phi) is 7.27. The fraction of sp³-hybridized carbons (Fsp3) is 0. The van der Waals surface area contributed by atoms with Crippen LogP contribution in [0.5, 0.6) is 0 Å². The van der Waals surface area contributed by atoms with E-state index in [9.17, 15) is 0 Å². The number of nitrogens with zero attached hydrogens (tertiary/aromatic N) is 5. The molecule has 0 amide bonds. The van der Waals surface area contributed by atoms with Crippen molar-refractivity contribution in [3.05, 3.63) is 200 Å². The Morgan fingerprint density at radius 1 is 0.297 bits per heavy atom. The quantitative estimate of drug-likeness (QED) is 0.173. The zero-order chi connectivity index (χ0) is 41.9. The maximum atomic E-state index is 6.34. The lowest BCUT2D eigenvalue weighted by Crippen LogP contribution is -2.01. The summed E-state index contributed by atoms with van der Waals surface area (Å²) >= 11 is 0. The van der Waals surface area contributed by atoms with Gasteiger partial charge in [0.25, 0.3) is 0 Å². The van der Waals surface area contributed by atoms with E-state index in [0.29, 0.717) is 17.5 Å². The van der Waals surface area contributed by atoms with Crippen LogP contribution in [0.15, 0.2) is 209 Å². The first-order valence-electron chi connectivity index (χ1n) is 21.4. The van der Waals surface area contributed by atoms with Gasteiger partial charge in [0.15, 0.2) is 17.5 Å². The highest BCUT2D eigenvalue weighted by Gasteiger charge is 2.23. The average molecular weight is 820 g/mol. The Morgan fingerprint density at radius 3 is 1.25 bits per heavy atom. The Bertz CT molecular complexity index is 4060. The lowest BCUT2D eigenvalue weighted by molar-refractivity contribution is 0.668. The number of hydrogen-bond donors (Lipinski definition) is 0. The molecule has 5 heterocycles. The van der Waals surface area contributed by atoms with Crippen molar-refractivity contribution in [3.8, 4) is 45.5 Å². The van der Waals surface area contributed by atoms with Crippen molar-refractivity contribution < 1.29 is 8.83 Å². The van der Waals surface area contributed by atoms with E-state index in [1.807, 2.05) is 60.7 Å². The first-order valence-corrected chi connectivity index (χ1v) is 21.4. The molecule has 9 aromatic carbocycles. The molecular weight excluding hydrogens is 787 g/mol. The van der Waals surface area contributed by atoms with E-state index in [-0.39, 0.29) is 0 Å². The fourth-order valence-corrected chi connectivity index (χ4v) is 10.0. The first-order chi connectivity index (χ1) is 31.7. The standard InChI is InChI=1S/C57H33N5O2/c1-2-14-35(15-3-1)61-45-22-8-4-16-37(45)39-32-33-40-38-17-5-9-23-46(38)62(54(40)53(39)61)36-30-28-34(29-31-36)55-58-56(43-20-12-26-49-51(43)41-18-6-10-24-47(41)63-49)60-57(59-55)44-21-13-27-50-52(44)42-19-7-11-25-48(42)64-50/h1-33H. The number of hydrogen-bond acceptors (Lipinski definition) is 5. The number of fused-ring (bicyclic) bond motifs is 13. The van der Waals surface area contributed by atoms with Crippen molar-refractivity contribution in [2.24, 2.45) is 0 Å². The molecule has 0 spiro atoms. The van der Waals surface area contributed by atoms with E-state index in [1.165, 1.54) is 32.6 Å². The minimum atomic E-state index is 0.560. The van der Waals surface area contributed by atoms with Crippen LogP contribution in [0.2, 0.25) is 0 Å². The molecule has 0 bridgehead atoms. The van der Waals surface area contributed by atoms with Gasteiger partial charge in [-0.25, -0.2) is 15.0 Å². The second-order valence-electron chi connectivity index (χ2n) is 16.3. The number of furan rings is 2. The van der Waals surface area contributed by atoms with E-state index in [1.54, 1.807) is 0 Å². The summed E-state index contributed by atoms with van der Waals surface area (Å²) in [4.78, 5) is 15.8. The molecule has 64 heavy (non-hydrogen) atoms. The highest BCUT2D eigenvalue weighted by molar-refractivity contribution is 6.24. The zero-order valence-electron chi connectivity index (χ0n) is 34.1. The van der Waals surface area contributed by atoms with E-state index in [2.05, 4.69) is 149 Å². The van der Waals surface area contributed by atoms with Gasteiger partial charge in [-0.05, 0) is 72.8 Å². The monoisotopic (exact) mass is 819 g/mol. The zero-order valence-corrected chi connectivity index (χ0v) is 34.1. The van der Waals surface area contributed by atoms with Crippen LogP contribution in [0, 0.1) is 0 Å². The van der Waals surface area contributed by atoms with Crippen LogP contribution in [-0.4, -0.2) is 24.1 Å². The molecule has 0 aliphatic carbocycles. The molecule has 298 valence electrons. The van der Waals surface area contributed by atoms with Crippen LogP contribution < -0.4 is 0 Å². The molecule has 14 rings (SSSR count). The van der Waals surface area contributed by atoms with Crippen LogP contribution in [0.3, 0.4) is 0 Å².